The summed E-state index contributed by atoms with van der Waals surface area (Å²) >= 11 is 6.42. The lowest BCUT2D eigenvalue weighted by atomic mass is 9.91. The van der Waals surface area contributed by atoms with Crippen molar-refractivity contribution in [3.05, 3.63) is 58.3 Å². The molecule has 7 nitrogen and oxygen atoms in total. The van der Waals surface area contributed by atoms with Gasteiger partial charge in [-0.1, -0.05) is 22.8 Å². The van der Waals surface area contributed by atoms with Crippen LogP contribution < -0.4 is 4.90 Å². The van der Waals surface area contributed by atoms with Gasteiger partial charge in [0.05, 0.1) is 11.7 Å². The Morgan fingerprint density at radius 2 is 1.87 bits per heavy atom. The van der Waals surface area contributed by atoms with Gasteiger partial charge < -0.3 is 14.0 Å². The van der Waals surface area contributed by atoms with Gasteiger partial charge in [-0.2, -0.15) is 0 Å². The highest BCUT2D eigenvalue weighted by atomic mass is 35.5. The van der Waals surface area contributed by atoms with Gasteiger partial charge in [0.15, 0.2) is 5.65 Å². The summed E-state index contributed by atoms with van der Waals surface area (Å²) in [6.07, 6.45) is 2.94. The van der Waals surface area contributed by atoms with Gasteiger partial charge in [-0.25, -0.2) is 18.7 Å². The molecule has 198 valence electrons. The van der Waals surface area contributed by atoms with Gasteiger partial charge in [-0.3, -0.25) is 4.79 Å². The number of imidazole rings is 1. The molecule has 1 atom stereocenters. The van der Waals surface area contributed by atoms with E-state index in [2.05, 4.69) is 5.16 Å². The first-order chi connectivity index (χ1) is 18.1. The van der Waals surface area contributed by atoms with E-state index in [4.69, 9.17) is 26.1 Å². The Bertz CT molecular complexity index is 1530. The monoisotopic (exact) mass is 539 g/mol. The third-order valence-electron chi connectivity index (χ3n) is 7.87. The van der Waals surface area contributed by atoms with E-state index in [-0.39, 0.29) is 30.8 Å². The lowest BCUT2D eigenvalue weighted by Gasteiger charge is -2.32. The van der Waals surface area contributed by atoms with Crippen molar-refractivity contribution in [1.82, 2.24) is 19.7 Å². The standard InChI is InChI=1S/C28H28ClF2N5O2/c1-15-4-5-20(13-21(15)29)35-23(6-7-24(35)37)27-33-22-12-18(25-16(2)34-38-17(25)3)14-32-26(22)36(27)19-8-10-28(30,31)11-9-19/h4-5,12-14,19,23H,6-11H2,1-3H3/t23-/m0/s1. The number of amides is 1. The van der Waals surface area contributed by atoms with Gasteiger partial charge in [0, 0.05) is 53.3 Å². The number of hydrogen-bond acceptors (Lipinski definition) is 5. The van der Waals surface area contributed by atoms with E-state index in [9.17, 15) is 13.6 Å². The molecular formula is C28H28ClF2N5O2. The number of rotatable bonds is 4. The third kappa shape index (κ3) is 4.17. The van der Waals surface area contributed by atoms with E-state index in [0.29, 0.717) is 59.1 Å². The molecule has 0 radical (unpaired) electrons. The van der Waals surface area contributed by atoms with Crippen LogP contribution in [0.25, 0.3) is 22.3 Å². The van der Waals surface area contributed by atoms with Crippen LogP contribution in [0.2, 0.25) is 5.02 Å². The van der Waals surface area contributed by atoms with Crippen LogP contribution in [-0.4, -0.2) is 31.5 Å². The van der Waals surface area contributed by atoms with Crippen LogP contribution in [0.1, 0.15) is 73.5 Å². The molecule has 4 aromatic rings. The zero-order chi connectivity index (χ0) is 26.8. The van der Waals surface area contributed by atoms with Crippen molar-refractivity contribution < 1.29 is 18.1 Å². The highest BCUT2D eigenvalue weighted by Gasteiger charge is 2.41. The predicted octanol–water partition coefficient (Wildman–Crippen LogP) is 7.28. The number of aryl methyl sites for hydroxylation is 3. The number of nitrogens with zero attached hydrogens (tertiary/aromatic N) is 5. The largest absolute Gasteiger partial charge is 0.361 e. The van der Waals surface area contributed by atoms with Crippen LogP contribution in [0.4, 0.5) is 14.5 Å². The molecule has 3 aromatic heterocycles. The van der Waals surface area contributed by atoms with Crippen molar-refractivity contribution in [1.29, 1.82) is 0 Å². The Hall–Kier alpha value is -3.33. The quantitative estimate of drug-likeness (QED) is 0.272. The van der Waals surface area contributed by atoms with Gasteiger partial charge in [-0.15, -0.1) is 0 Å². The summed E-state index contributed by atoms with van der Waals surface area (Å²) in [4.78, 5) is 24.7. The van der Waals surface area contributed by atoms with Crippen LogP contribution in [0.15, 0.2) is 35.0 Å². The van der Waals surface area contributed by atoms with E-state index >= 15 is 0 Å². The number of hydrogen-bond donors (Lipinski definition) is 0. The Morgan fingerprint density at radius 1 is 1.11 bits per heavy atom. The van der Waals surface area contributed by atoms with Crippen molar-refractivity contribution in [2.24, 2.45) is 0 Å². The minimum Gasteiger partial charge on any atom is -0.361 e. The van der Waals surface area contributed by atoms with Crippen molar-refractivity contribution in [3.8, 4) is 11.1 Å². The molecule has 38 heavy (non-hydrogen) atoms. The maximum atomic E-state index is 14.1. The zero-order valence-electron chi connectivity index (χ0n) is 21.5. The van der Waals surface area contributed by atoms with Gasteiger partial charge in [0.1, 0.15) is 17.1 Å². The molecule has 4 heterocycles. The van der Waals surface area contributed by atoms with E-state index in [1.165, 1.54) is 0 Å². The minimum atomic E-state index is -2.66. The molecule has 2 aliphatic rings. The molecule has 0 bridgehead atoms. The number of carbonyl (C=O) groups excluding carboxylic acids is 1. The van der Waals surface area contributed by atoms with Crippen LogP contribution in [0.5, 0.6) is 0 Å². The number of anilines is 1. The fourth-order valence-corrected chi connectivity index (χ4v) is 6.07. The Kier molecular flexibility index (Phi) is 6.01. The molecule has 1 aliphatic heterocycles. The molecule has 2 fully saturated rings. The van der Waals surface area contributed by atoms with Crippen molar-refractivity contribution in [2.45, 2.75) is 77.3 Å². The molecule has 10 heteroatoms. The van der Waals surface area contributed by atoms with Crippen LogP contribution in [-0.2, 0) is 4.79 Å². The number of benzene rings is 1. The van der Waals surface area contributed by atoms with E-state index in [0.717, 1.165) is 22.4 Å². The Labute approximate surface area is 223 Å². The second-order valence-electron chi connectivity index (χ2n) is 10.4. The second-order valence-corrected chi connectivity index (χ2v) is 10.9. The van der Waals surface area contributed by atoms with Gasteiger partial charge >= 0.3 is 0 Å². The first kappa shape index (κ1) is 25.0. The molecule has 6 rings (SSSR count). The highest BCUT2D eigenvalue weighted by molar-refractivity contribution is 6.31. The fraction of sp³-hybridized carbons (Fsp3) is 0.429. The highest BCUT2D eigenvalue weighted by Crippen LogP contribution is 2.44. The van der Waals surface area contributed by atoms with E-state index < -0.39 is 5.92 Å². The minimum absolute atomic E-state index is 0.0203. The SMILES string of the molecule is Cc1ccc(N2C(=O)CC[C@H]2c2nc3cc(-c4c(C)noc4C)cnc3n2C2CCC(F)(F)CC2)cc1Cl. The van der Waals surface area contributed by atoms with Crippen molar-refractivity contribution >= 4 is 34.4 Å². The van der Waals surface area contributed by atoms with E-state index in [1.807, 2.05) is 43.5 Å². The molecule has 1 saturated heterocycles. The average Bonchev–Trinajstić information content (AvgIpc) is 3.55. The normalized spacial score (nSPS) is 20.1. The Morgan fingerprint density at radius 3 is 2.55 bits per heavy atom. The lowest BCUT2D eigenvalue weighted by molar-refractivity contribution is -0.117. The molecule has 0 unspecified atom stereocenters. The third-order valence-corrected chi connectivity index (χ3v) is 8.28. The first-order valence-electron chi connectivity index (χ1n) is 12.9. The fourth-order valence-electron chi connectivity index (χ4n) is 5.89. The summed E-state index contributed by atoms with van der Waals surface area (Å²) in [5, 5.41) is 4.63. The van der Waals surface area contributed by atoms with Crippen LogP contribution in [0, 0.1) is 20.8 Å². The number of halogens is 3. The first-order valence-corrected chi connectivity index (χ1v) is 13.3. The maximum absolute atomic E-state index is 14.1. The summed E-state index contributed by atoms with van der Waals surface area (Å²) in [7, 11) is 0. The molecule has 1 aliphatic carbocycles. The predicted molar refractivity (Wildman–Crippen MR) is 141 cm³/mol. The Balaban J connectivity index is 1.50. The topological polar surface area (TPSA) is 77.1 Å². The molecule has 0 spiro atoms. The van der Waals surface area contributed by atoms with Gasteiger partial charge in [-0.05, 0) is 63.8 Å². The molecule has 1 saturated carbocycles. The second kappa shape index (κ2) is 9.15. The molecule has 1 amide bonds. The smallest absolute Gasteiger partial charge is 0.248 e. The number of alkyl halides is 2. The van der Waals surface area contributed by atoms with E-state index in [1.54, 1.807) is 17.2 Å². The number of fused-ring (bicyclic) bond motifs is 1. The number of pyridine rings is 1. The van der Waals surface area contributed by atoms with Gasteiger partial charge in [0.2, 0.25) is 11.8 Å². The van der Waals surface area contributed by atoms with Crippen molar-refractivity contribution in [2.75, 3.05) is 4.90 Å². The number of aromatic nitrogens is 4. The molecule has 0 N–H and O–H groups in total. The van der Waals surface area contributed by atoms with Gasteiger partial charge in [0.25, 0.3) is 0 Å². The summed E-state index contributed by atoms with van der Waals surface area (Å²) < 4.78 is 35.6. The number of carbonyl (C=O) groups is 1. The maximum Gasteiger partial charge on any atom is 0.248 e. The lowest BCUT2D eigenvalue weighted by Crippen LogP contribution is -2.32. The summed E-state index contributed by atoms with van der Waals surface area (Å²) in [5.41, 5.74) is 5.34. The van der Waals surface area contributed by atoms with Crippen molar-refractivity contribution in [3.63, 3.8) is 0 Å². The average molecular weight is 540 g/mol. The summed E-state index contributed by atoms with van der Waals surface area (Å²) in [6, 6.07) is 6.97. The van der Waals surface area contributed by atoms with Crippen LogP contribution >= 0.6 is 11.6 Å². The summed E-state index contributed by atoms with van der Waals surface area (Å²) in [5.74, 6) is -1.33. The van der Waals surface area contributed by atoms with Crippen LogP contribution in [0.3, 0.4) is 0 Å². The zero-order valence-corrected chi connectivity index (χ0v) is 22.2. The summed E-state index contributed by atoms with van der Waals surface area (Å²) in [6.45, 7) is 5.63. The molecular weight excluding hydrogens is 512 g/mol. The molecule has 1 aromatic carbocycles.